The van der Waals surface area contributed by atoms with Crippen LogP contribution in [-0.4, -0.2) is 50.4 Å². The summed E-state index contributed by atoms with van der Waals surface area (Å²) in [6.45, 7) is 4.84. The lowest BCUT2D eigenvalue weighted by molar-refractivity contribution is 0.269. The van der Waals surface area contributed by atoms with E-state index < -0.39 is 0 Å². The van der Waals surface area contributed by atoms with Crippen LogP contribution in [0.3, 0.4) is 0 Å². The molecule has 7 heteroatoms. The van der Waals surface area contributed by atoms with E-state index in [-0.39, 0.29) is 0 Å². The smallest absolute Gasteiger partial charge is 0.0300 e. The Morgan fingerprint density at radius 2 is 1.25 bits per heavy atom. The fourth-order valence-electron chi connectivity index (χ4n) is 3.65. The summed E-state index contributed by atoms with van der Waals surface area (Å²) in [5, 5.41) is 3.39. The number of alkyl halides is 1. The van der Waals surface area contributed by atoms with Gasteiger partial charge < -0.3 is 5.32 Å². The fourth-order valence-corrected chi connectivity index (χ4v) is 3.76. The van der Waals surface area contributed by atoms with Gasteiger partial charge in [0.1, 0.15) is 0 Å². The van der Waals surface area contributed by atoms with Gasteiger partial charge in [-0.05, 0) is 91.0 Å². The van der Waals surface area contributed by atoms with Gasteiger partial charge in [0.25, 0.3) is 0 Å². The van der Waals surface area contributed by atoms with Crippen molar-refractivity contribution < 1.29 is 0 Å². The zero-order valence-corrected chi connectivity index (χ0v) is 21.5. The van der Waals surface area contributed by atoms with E-state index in [4.69, 9.17) is 11.6 Å². The van der Waals surface area contributed by atoms with Crippen LogP contribution < -0.4 is 5.32 Å². The Morgan fingerprint density at radius 3 is 1.83 bits per heavy atom. The van der Waals surface area contributed by atoms with Gasteiger partial charge in [-0.1, -0.05) is 12.1 Å². The van der Waals surface area contributed by atoms with Crippen LogP contribution in [0.25, 0.3) is 0 Å². The predicted molar refractivity (Wildman–Crippen MR) is 147 cm³/mol. The van der Waals surface area contributed by atoms with Crippen LogP contribution in [0.2, 0.25) is 0 Å². The second-order valence-corrected chi connectivity index (χ2v) is 8.81. The van der Waals surface area contributed by atoms with Gasteiger partial charge in [0.15, 0.2) is 0 Å². The predicted octanol–water partition coefficient (Wildman–Crippen LogP) is 4.96. The molecule has 0 fully saturated rings. The average Bonchev–Trinajstić information content (AvgIpc) is 2.95. The van der Waals surface area contributed by atoms with E-state index in [9.17, 15) is 0 Å². The highest BCUT2D eigenvalue weighted by Crippen LogP contribution is 2.07. The van der Waals surface area contributed by atoms with Crippen molar-refractivity contribution in [3.8, 4) is 0 Å². The first-order chi connectivity index (χ1) is 17.8. The summed E-state index contributed by atoms with van der Waals surface area (Å²) in [5.41, 5.74) is 5.10. The van der Waals surface area contributed by atoms with E-state index in [1.165, 1.54) is 22.3 Å². The molecule has 0 spiro atoms. The van der Waals surface area contributed by atoms with E-state index in [0.29, 0.717) is 5.88 Å². The van der Waals surface area contributed by atoms with Gasteiger partial charge in [-0.2, -0.15) is 0 Å². The van der Waals surface area contributed by atoms with Crippen molar-refractivity contribution in [2.75, 3.05) is 25.5 Å². The summed E-state index contributed by atoms with van der Waals surface area (Å²) in [4.78, 5) is 18.7. The minimum atomic E-state index is 0.708. The quantitative estimate of drug-likeness (QED) is 0.206. The molecule has 188 valence electrons. The largest absolute Gasteiger partial charge is 0.312 e. The molecule has 4 heterocycles. The van der Waals surface area contributed by atoms with E-state index >= 15 is 0 Å². The molecule has 4 aromatic rings. The summed E-state index contributed by atoms with van der Waals surface area (Å²) < 4.78 is 0. The second kappa shape index (κ2) is 17.3. The molecule has 0 aliphatic rings. The molecule has 0 saturated heterocycles. The van der Waals surface area contributed by atoms with E-state index in [1.807, 2.05) is 67.6 Å². The maximum absolute atomic E-state index is 5.82. The Balaban J connectivity index is 0.000000205. The number of hydrogen-bond donors (Lipinski definition) is 1. The molecule has 0 unspecified atom stereocenters. The fraction of sp³-hybridized carbons (Fsp3) is 0.310. The molecule has 0 bridgehead atoms. The van der Waals surface area contributed by atoms with Crippen LogP contribution in [0.15, 0.2) is 98.1 Å². The number of aromatic nitrogens is 4. The van der Waals surface area contributed by atoms with Crippen molar-refractivity contribution in [2.24, 2.45) is 0 Å². The van der Waals surface area contributed by atoms with Crippen LogP contribution in [-0.2, 0) is 25.9 Å². The summed E-state index contributed by atoms with van der Waals surface area (Å²) in [5.74, 6) is 0.708. The summed E-state index contributed by atoms with van der Waals surface area (Å²) in [6.07, 6.45) is 17.8. The zero-order valence-electron chi connectivity index (χ0n) is 20.7. The Bertz CT molecular complexity index is 1010. The van der Waals surface area contributed by atoms with Crippen molar-refractivity contribution in [3.63, 3.8) is 0 Å². The van der Waals surface area contributed by atoms with Gasteiger partial charge in [-0.15, -0.1) is 11.6 Å². The van der Waals surface area contributed by atoms with Gasteiger partial charge in [-0.25, -0.2) is 0 Å². The SMILES string of the molecule is ClCCCN(CCc1cccnc1)Cc1ccncc1.c1cncc(CCNCc2ccncc2)c1. The first-order valence-corrected chi connectivity index (χ1v) is 12.9. The third kappa shape index (κ3) is 11.5. The lowest BCUT2D eigenvalue weighted by atomic mass is 10.2. The van der Waals surface area contributed by atoms with Crippen LogP contribution in [0.1, 0.15) is 28.7 Å². The zero-order chi connectivity index (χ0) is 25.1. The molecule has 36 heavy (non-hydrogen) atoms. The number of nitrogens with one attached hydrogen (secondary N) is 1. The van der Waals surface area contributed by atoms with Crippen molar-refractivity contribution in [1.29, 1.82) is 0 Å². The van der Waals surface area contributed by atoms with Crippen LogP contribution in [0, 0.1) is 0 Å². The van der Waals surface area contributed by atoms with Crippen LogP contribution >= 0.6 is 11.6 Å². The molecular formula is C29H35ClN6. The standard InChI is InChI=1S/C16H20ClN3.C13H15N3/c17-7-2-11-20(14-16-4-9-18-10-5-16)12-6-15-3-1-8-19-13-15;1-2-12(10-15-6-1)5-9-16-11-13-3-7-14-8-4-13/h1,3-5,8-10,13H,2,6-7,11-12,14H2;1-4,6-8,10,16H,5,9,11H2. The lowest BCUT2D eigenvalue weighted by Gasteiger charge is -2.22. The third-order valence-corrected chi connectivity index (χ3v) is 5.86. The minimum absolute atomic E-state index is 0.708. The van der Waals surface area contributed by atoms with Crippen molar-refractivity contribution >= 4 is 11.6 Å². The van der Waals surface area contributed by atoms with Crippen LogP contribution in [0.5, 0.6) is 0 Å². The van der Waals surface area contributed by atoms with E-state index in [1.54, 1.807) is 6.20 Å². The molecule has 6 nitrogen and oxygen atoms in total. The normalized spacial score (nSPS) is 10.6. The number of hydrogen-bond acceptors (Lipinski definition) is 6. The van der Waals surface area contributed by atoms with Crippen molar-refractivity contribution in [1.82, 2.24) is 30.2 Å². The molecule has 0 saturated carbocycles. The van der Waals surface area contributed by atoms with Gasteiger partial charge in [-0.3, -0.25) is 24.8 Å². The number of rotatable bonds is 13. The number of halogens is 1. The van der Waals surface area contributed by atoms with E-state index in [0.717, 1.165) is 52.0 Å². The summed E-state index contributed by atoms with van der Waals surface area (Å²) >= 11 is 5.82. The lowest BCUT2D eigenvalue weighted by Crippen LogP contribution is -2.27. The average molecular weight is 503 g/mol. The Labute approximate surface area is 219 Å². The Kier molecular flexibility index (Phi) is 13.1. The van der Waals surface area contributed by atoms with Crippen molar-refractivity contribution in [2.45, 2.75) is 32.4 Å². The Hall–Kier alpha value is -3.19. The van der Waals surface area contributed by atoms with E-state index in [2.05, 4.69) is 54.4 Å². The third-order valence-electron chi connectivity index (χ3n) is 5.59. The maximum atomic E-state index is 5.82. The molecule has 0 amide bonds. The number of pyridine rings is 4. The second-order valence-electron chi connectivity index (χ2n) is 8.43. The molecule has 0 aliphatic heterocycles. The maximum Gasteiger partial charge on any atom is 0.0300 e. The number of nitrogens with zero attached hydrogens (tertiary/aromatic N) is 5. The van der Waals surface area contributed by atoms with Gasteiger partial charge >= 0.3 is 0 Å². The minimum Gasteiger partial charge on any atom is -0.312 e. The molecule has 4 aromatic heterocycles. The topological polar surface area (TPSA) is 66.8 Å². The van der Waals surface area contributed by atoms with Crippen molar-refractivity contribution in [3.05, 3.63) is 120 Å². The molecule has 0 aliphatic carbocycles. The Morgan fingerprint density at radius 1 is 0.639 bits per heavy atom. The molecular weight excluding hydrogens is 468 g/mol. The molecule has 0 atom stereocenters. The first kappa shape index (κ1) is 27.4. The molecule has 4 rings (SSSR count). The molecule has 0 radical (unpaired) electrons. The highest BCUT2D eigenvalue weighted by Gasteiger charge is 2.06. The van der Waals surface area contributed by atoms with Gasteiger partial charge in [0, 0.05) is 75.1 Å². The monoisotopic (exact) mass is 502 g/mol. The van der Waals surface area contributed by atoms with Gasteiger partial charge in [0.2, 0.25) is 0 Å². The highest BCUT2D eigenvalue weighted by molar-refractivity contribution is 6.17. The first-order valence-electron chi connectivity index (χ1n) is 12.4. The molecule has 0 aromatic carbocycles. The summed E-state index contributed by atoms with van der Waals surface area (Å²) in [7, 11) is 0. The highest BCUT2D eigenvalue weighted by atomic mass is 35.5. The molecule has 1 N–H and O–H groups in total. The summed E-state index contributed by atoms with van der Waals surface area (Å²) in [6, 6.07) is 16.4. The van der Waals surface area contributed by atoms with Gasteiger partial charge in [0.05, 0.1) is 0 Å². The van der Waals surface area contributed by atoms with Crippen LogP contribution in [0.4, 0.5) is 0 Å².